The van der Waals surface area contributed by atoms with E-state index in [2.05, 4.69) is 16.0 Å². The summed E-state index contributed by atoms with van der Waals surface area (Å²) < 4.78 is 0. The number of pyridine rings is 1. The van der Waals surface area contributed by atoms with Crippen LogP contribution in [0.5, 0.6) is 0 Å². The Morgan fingerprint density at radius 1 is 1.17 bits per heavy atom. The molecule has 0 spiro atoms. The van der Waals surface area contributed by atoms with Crippen LogP contribution in [0.15, 0.2) is 48.7 Å². The lowest BCUT2D eigenvalue weighted by Gasteiger charge is -2.16. The van der Waals surface area contributed by atoms with Gasteiger partial charge in [0.25, 0.3) is 5.91 Å². The Morgan fingerprint density at radius 3 is 2.83 bits per heavy atom. The van der Waals surface area contributed by atoms with Gasteiger partial charge in [-0.2, -0.15) is 0 Å². The van der Waals surface area contributed by atoms with Crippen LogP contribution in [0, 0.1) is 6.92 Å². The number of carbonyl (C=O) groups excluding carboxylic acids is 1. The molecular weight excluding hydrogens is 306 g/mol. The molecule has 0 atom stereocenters. The van der Waals surface area contributed by atoms with Crippen LogP contribution in [0.3, 0.4) is 0 Å². The van der Waals surface area contributed by atoms with Crippen molar-refractivity contribution in [2.75, 3.05) is 11.4 Å². The first-order chi connectivity index (χ1) is 11.2. The number of carbonyl (C=O) groups is 1. The molecule has 2 aromatic heterocycles. The maximum Gasteiger partial charge on any atom is 0.270 e. The zero-order chi connectivity index (χ0) is 15.8. The van der Waals surface area contributed by atoms with E-state index in [-0.39, 0.29) is 5.91 Å². The lowest BCUT2D eigenvalue weighted by Crippen LogP contribution is -2.28. The molecule has 0 N–H and O–H groups in total. The topological polar surface area (TPSA) is 46.1 Å². The molecule has 3 heterocycles. The molecule has 1 aliphatic rings. The van der Waals surface area contributed by atoms with Gasteiger partial charge in [-0.05, 0) is 37.1 Å². The Kier molecular flexibility index (Phi) is 3.42. The Bertz CT molecular complexity index is 873. The molecule has 1 aliphatic heterocycles. The Morgan fingerprint density at radius 2 is 2.00 bits per heavy atom. The summed E-state index contributed by atoms with van der Waals surface area (Å²) in [5.41, 5.74) is 3.82. The molecular formula is C18H15N3OS. The van der Waals surface area contributed by atoms with Crippen LogP contribution < -0.4 is 4.90 Å². The monoisotopic (exact) mass is 321 g/mol. The van der Waals surface area contributed by atoms with Gasteiger partial charge in [0, 0.05) is 18.4 Å². The lowest BCUT2D eigenvalue weighted by molar-refractivity contribution is 0.0992. The van der Waals surface area contributed by atoms with Crippen molar-refractivity contribution in [1.29, 1.82) is 0 Å². The molecule has 4 nitrogen and oxygen atoms in total. The van der Waals surface area contributed by atoms with Gasteiger partial charge in [0.15, 0.2) is 0 Å². The number of nitrogens with zero attached hydrogens (tertiary/aromatic N) is 3. The Hall–Kier alpha value is -2.53. The predicted molar refractivity (Wildman–Crippen MR) is 91.9 cm³/mol. The summed E-state index contributed by atoms with van der Waals surface area (Å²) in [6, 6.07) is 13.8. The fourth-order valence-corrected chi connectivity index (χ4v) is 3.86. The van der Waals surface area contributed by atoms with Gasteiger partial charge in [-0.15, -0.1) is 11.3 Å². The van der Waals surface area contributed by atoms with E-state index in [1.807, 2.05) is 48.2 Å². The van der Waals surface area contributed by atoms with Gasteiger partial charge in [-0.1, -0.05) is 24.3 Å². The predicted octanol–water partition coefficient (Wildman–Crippen LogP) is 3.72. The average molecular weight is 321 g/mol. The van der Waals surface area contributed by atoms with Gasteiger partial charge in [0.1, 0.15) is 9.88 Å². The van der Waals surface area contributed by atoms with Gasteiger partial charge >= 0.3 is 0 Å². The molecule has 23 heavy (non-hydrogen) atoms. The smallest absolute Gasteiger partial charge is 0.270 e. The van der Waals surface area contributed by atoms with Crippen LogP contribution in [0.4, 0.5) is 5.69 Å². The third-order valence-electron chi connectivity index (χ3n) is 4.01. The van der Waals surface area contributed by atoms with Crippen LogP contribution in [-0.2, 0) is 6.42 Å². The number of aromatic nitrogens is 2. The Labute approximate surface area is 138 Å². The van der Waals surface area contributed by atoms with Crippen LogP contribution >= 0.6 is 11.3 Å². The minimum Gasteiger partial charge on any atom is -0.307 e. The summed E-state index contributed by atoms with van der Waals surface area (Å²) in [4.78, 5) is 24.4. The van der Waals surface area contributed by atoms with Crippen molar-refractivity contribution in [2.24, 2.45) is 0 Å². The van der Waals surface area contributed by atoms with Gasteiger partial charge in [0.05, 0.1) is 11.4 Å². The van der Waals surface area contributed by atoms with E-state index in [4.69, 9.17) is 0 Å². The standard InChI is InChI=1S/C18H15N3OS/c1-12-16(23-17(20-12)14-7-4-5-10-19-14)18(22)21-11-9-13-6-2-3-8-15(13)21/h2-8,10H,9,11H2,1H3. The maximum absolute atomic E-state index is 13.0. The molecule has 0 aliphatic carbocycles. The number of anilines is 1. The van der Waals surface area contributed by atoms with E-state index in [0.29, 0.717) is 4.88 Å². The van der Waals surface area contributed by atoms with Crippen molar-refractivity contribution < 1.29 is 4.79 Å². The first kappa shape index (κ1) is 14.1. The second-order valence-corrected chi connectivity index (χ2v) is 6.48. The van der Waals surface area contributed by atoms with Gasteiger partial charge in [-0.25, -0.2) is 4.98 Å². The highest BCUT2D eigenvalue weighted by molar-refractivity contribution is 7.17. The summed E-state index contributed by atoms with van der Waals surface area (Å²) in [7, 11) is 0. The highest BCUT2D eigenvalue weighted by Crippen LogP contribution is 2.32. The summed E-state index contributed by atoms with van der Waals surface area (Å²) in [6.07, 6.45) is 2.65. The zero-order valence-corrected chi connectivity index (χ0v) is 13.5. The quantitative estimate of drug-likeness (QED) is 0.723. The Balaban J connectivity index is 1.69. The third-order valence-corrected chi connectivity index (χ3v) is 5.18. The second kappa shape index (κ2) is 5.59. The molecule has 0 saturated heterocycles. The van der Waals surface area contributed by atoms with Crippen molar-refractivity contribution in [2.45, 2.75) is 13.3 Å². The molecule has 0 bridgehead atoms. The largest absolute Gasteiger partial charge is 0.307 e. The maximum atomic E-state index is 13.0. The van der Waals surface area contributed by atoms with Crippen molar-refractivity contribution in [3.05, 3.63) is 64.8 Å². The van der Waals surface area contributed by atoms with Crippen LogP contribution in [0.25, 0.3) is 10.7 Å². The number of amides is 1. The number of rotatable bonds is 2. The molecule has 4 rings (SSSR count). The average Bonchev–Trinajstić information content (AvgIpc) is 3.19. The third kappa shape index (κ3) is 2.43. The van der Waals surface area contributed by atoms with Crippen LogP contribution in [0.2, 0.25) is 0 Å². The van der Waals surface area contributed by atoms with Crippen LogP contribution in [-0.4, -0.2) is 22.4 Å². The summed E-state index contributed by atoms with van der Waals surface area (Å²) in [5.74, 6) is 0.0344. The first-order valence-electron chi connectivity index (χ1n) is 7.52. The molecule has 5 heteroatoms. The summed E-state index contributed by atoms with van der Waals surface area (Å²) in [5, 5.41) is 0.791. The number of hydrogen-bond donors (Lipinski definition) is 0. The highest BCUT2D eigenvalue weighted by Gasteiger charge is 2.28. The SMILES string of the molecule is Cc1nc(-c2ccccn2)sc1C(=O)N1CCc2ccccc21. The highest BCUT2D eigenvalue weighted by atomic mass is 32.1. The van der Waals surface area contributed by atoms with E-state index in [9.17, 15) is 4.79 Å². The zero-order valence-electron chi connectivity index (χ0n) is 12.7. The normalized spacial score (nSPS) is 13.2. The van der Waals surface area contributed by atoms with E-state index in [1.54, 1.807) is 6.20 Å². The molecule has 0 fully saturated rings. The molecule has 0 saturated carbocycles. The molecule has 1 amide bonds. The van der Waals surface area contributed by atoms with E-state index >= 15 is 0 Å². The number of fused-ring (bicyclic) bond motifs is 1. The first-order valence-corrected chi connectivity index (χ1v) is 8.34. The number of aryl methyl sites for hydroxylation is 1. The minimum atomic E-state index is 0.0344. The van der Waals surface area contributed by atoms with Gasteiger partial charge in [0.2, 0.25) is 0 Å². The van der Waals surface area contributed by atoms with Crippen LogP contribution in [0.1, 0.15) is 20.9 Å². The number of hydrogen-bond acceptors (Lipinski definition) is 4. The molecule has 0 radical (unpaired) electrons. The van der Waals surface area contributed by atoms with Crippen molar-refractivity contribution >= 4 is 22.9 Å². The fraction of sp³-hybridized carbons (Fsp3) is 0.167. The number of thiazole rings is 1. The summed E-state index contributed by atoms with van der Waals surface area (Å²) >= 11 is 1.42. The van der Waals surface area contributed by atoms with E-state index in [1.165, 1.54) is 16.9 Å². The van der Waals surface area contributed by atoms with E-state index < -0.39 is 0 Å². The molecule has 1 aromatic carbocycles. The van der Waals surface area contributed by atoms with Gasteiger partial charge < -0.3 is 4.90 Å². The van der Waals surface area contributed by atoms with Gasteiger partial charge in [-0.3, -0.25) is 9.78 Å². The van der Waals surface area contributed by atoms with Crippen molar-refractivity contribution in [1.82, 2.24) is 9.97 Å². The second-order valence-electron chi connectivity index (χ2n) is 5.48. The minimum absolute atomic E-state index is 0.0344. The molecule has 0 unspecified atom stereocenters. The number of benzene rings is 1. The molecule has 3 aromatic rings. The lowest BCUT2D eigenvalue weighted by atomic mass is 10.2. The fourth-order valence-electron chi connectivity index (χ4n) is 2.87. The van der Waals surface area contributed by atoms with Crippen molar-refractivity contribution in [3.63, 3.8) is 0 Å². The van der Waals surface area contributed by atoms with E-state index in [0.717, 1.165) is 35.0 Å². The van der Waals surface area contributed by atoms with Crippen molar-refractivity contribution in [3.8, 4) is 10.7 Å². The number of para-hydroxylation sites is 1. The molecule has 114 valence electrons. The summed E-state index contributed by atoms with van der Waals surface area (Å²) in [6.45, 7) is 2.62.